The number of rotatable bonds is 3. The fraction of sp³-hybridized carbons (Fsp3) is 0.280. The number of aryl methyl sites for hydroxylation is 2. The van der Waals surface area contributed by atoms with Crippen molar-refractivity contribution in [2.45, 2.75) is 6.92 Å². The Labute approximate surface area is 181 Å². The van der Waals surface area contributed by atoms with Crippen molar-refractivity contribution in [3.05, 3.63) is 66.0 Å². The molecule has 6 nitrogen and oxygen atoms in total. The number of methoxy groups -OCH3 is 1. The standard InChI is InChI=1S/C25H26N4O2/c1-17-24-19(9-10-26-17)20-15-22(23(31-3)16-21(20)27(24)2)28-11-13-29(14-12-28)25(30)18-7-5-4-6-8-18/h4-10,15-16H,11-14H2,1-3H3. The number of piperazine rings is 1. The van der Waals surface area contributed by atoms with Gasteiger partial charge in [-0.05, 0) is 31.2 Å². The minimum Gasteiger partial charge on any atom is -0.495 e. The molecule has 0 aliphatic carbocycles. The Balaban J connectivity index is 1.47. The smallest absolute Gasteiger partial charge is 0.253 e. The van der Waals surface area contributed by atoms with Crippen molar-refractivity contribution in [2.75, 3.05) is 38.2 Å². The van der Waals surface area contributed by atoms with Gasteiger partial charge in [0, 0.05) is 61.8 Å². The molecular formula is C25H26N4O2. The van der Waals surface area contributed by atoms with E-state index in [1.165, 1.54) is 10.8 Å². The third-order valence-electron chi connectivity index (χ3n) is 6.32. The van der Waals surface area contributed by atoms with E-state index in [0.717, 1.165) is 46.8 Å². The molecule has 31 heavy (non-hydrogen) atoms. The number of ether oxygens (including phenoxy) is 1. The van der Waals surface area contributed by atoms with Gasteiger partial charge in [0.25, 0.3) is 5.91 Å². The number of carbonyl (C=O) groups is 1. The van der Waals surface area contributed by atoms with E-state index in [9.17, 15) is 4.79 Å². The van der Waals surface area contributed by atoms with Crippen molar-refractivity contribution < 1.29 is 9.53 Å². The number of pyridine rings is 1. The second kappa shape index (κ2) is 7.61. The first-order chi connectivity index (χ1) is 15.1. The number of fused-ring (bicyclic) bond motifs is 3. The van der Waals surface area contributed by atoms with E-state index in [0.29, 0.717) is 13.1 Å². The lowest BCUT2D eigenvalue weighted by Crippen LogP contribution is -2.48. The molecule has 0 unspecified atom stereocenters. The maximum absolute atomic E-state index is 12.8. The molecule has 5 rings (SSSR count). The van der Waals surface area contributed by atoms with Gasteiger partial charge in [-0.25, -0.2) is 0 Å². The molecule has 0 spiro atoms. The van der Waals surface area contributed by atoms with Crippen molar-refractivity contribution in [3.8, 4) is 5.75 Å². The molecular weight excluding hydrogens is 388 g/mol. The summed E-state index contributed by atoms with van der Waals surface area (Å²) in [6, 6.07) is 15.9. The van der Waals surface area contributed by atoms with Gasteiger partial charge in [-0.2, -0.15) is 0 Å². The second-order valence-corrected chi connectivity index (χ2v) is 8.04. The monoisotopic (exact) mass is 414 g/mol. The lowest BCUT2D eigenvalue weighted by atomic mass is 10.1. The molecule has 0 atom stereocenters. The number of hydrogen-bond donors (Lipinski definition) is 0. The third kappa shape index (κ3) is 3.19. The average Bonchev–Trinajstić information content (AvgIpc) is 3.10. The first kappa shape index (κ1) is 19.4. The SMILES string of the molecule is COc1cc2c(cc1N1CCN(C(=O)c3ccccc3)CC1)c1ccnc(C)c1n2C. The summed E-state index contributed by atoms with van der Waals surface area (Å²) in [6.07, 6.45) is 1.87. The van der Waals surface area contributed by atoms with E-state index < -0.39 is 0 Å². The molecule has 3 heterocycles. The van der Waals surface area contributed by atoms with Crippen LogP contribution in [0.25, 0.3) is 21.8 Å². The molecule has 1 saturated heterocycles. The lowest BCUT2D eigenvalue weighted by molar-refractivity contribution is 0.0746. The highest BCUT2D eigenvalue weighted by atomic mass is 16.5. The molecule has 1 aliphatic rings. The molecule has 1 aliphatic heterocycles. The van der Waals surface area contributed by atoms with Gasteiger partial charge in [-0.1, -0.05) is 18.2 Å². The summed E-state index contributed by atoms with van der Waals surface area (Å²) in [5, 5.41) is 2.40. The van der Waals surface area contributed by atoms with Crippen molar-refractivity contribution in [1.29, 1.82) is 0 Å². The van der Waals surface area contributed by atoms with Crippen LogP contribution in [-0.4, -0.2) is 53.6 Å². The predicted molar refractivity (Wildman–Crippen MR) is 124 cm³/mol. The third-order valence-corrected chi connectivity index (χ3v) is 6.32. The fourth-order valence-electron chi connectivity index (χ4n) is 4.70. The molecule has 0 radical (unpaired) electrons. The van der Waals surface area contributed by atoms with E-state index in [-0.39, 0.29) is 5.91 Å². The molecule has 1 amide bonds. The summed E-state index contributed by atoms with van der Waals surface area (Å²) in [6.45, 7) is 4.96. The van der Waals surface area contributed by atoms with Crippen molar-refractivity contribution in [2.24, 2.45) is 7.05 Å². The van der Waals surface area contributed by atoms with Gasteiger partial charge in [0.2, 0.25) is 0 Å². The number of amides is 1. The van der Waals surface area contributed by atoms with E-state index in [4.69, 9.17) is 4.74 Å². The van der Waals surface area contributed by atoms with E-state index in [1.807, 2.05) is 48.4 Å². The first-order valence-corrected chi connectivity index (χ1v) is 10.6. The Hall–Kier alpha value is -3.54. The predicted octanol–water partition coefficient (Wildman–Crippen LogP) is 4.01. The van der Waals surface area contributed by atoms with Crippen LogP contribution < -0.4 is 9.64 Å². The number of aromatic nitrogens is 2. The van der Waals surface area contributed by atoms with E-state index in [2.05, 4.69) is 39.7 Å². The van der Waals surface area contributed by atoms with Gasteiger partial charge < -0.3 is 19.1 Å². The zero-order valence-electron chi connectivity index (χ0n) is 18.1. The molecule has 0 bridgehead atoms. The summed E-state index contributed by atoms with van der Waals surface area (Å²) < 4.78 is 7.97. The number of benzene rings is 2. The molecule has 158 valence electrons. The van der Waals surface area contributed by atoms with Crippen LogP contribution in [0.3, 0.4) is 0 Å². The van der Waals surface area contributed by atoms with Crippen LogP contribution in [0.4, 0.5) is 5.69 Å². The highest BCUT2D eigenvalue weighted by Gasteiger charge is 2.25. The molecule has 4 aromatic rings. The van der Waals surface area contributed by atoms with Gasteiger partial charge in [-0.3, -0.25) is 9.78 Å². The fourth-order valence-corrected chi connectivity index (χ4v) is 4.70. The summed E-state index contributed by atoms with van der Waals surface area (Å²) >= 11 is 0. The first-order valence-electron chi connectivity index (χ1n) is 10.6. The molecule has 1 fully saturated rings. The van der Waals surface area contributed by atoms with Crippen molar-refractivity contribution in [3.63, 3.8) is 0 Å². The van der Waals surface area contributed by atoms with Crippen LogP contribution in [0, 0.1) is 6.92 Å². The Morgan fingerprint density at radius 1 is 1.00 bits per heavy atom. The largest absolute Gasteiger partial charge is 0.495 e. The van der Waals surface area contributed by atoms with Gasteiger partial charge in [0.15, 0.2) is 0 Å². The molecule has 2 aromatic heterocycles. The Morgan fingerprint density at radius 2 is 1.74 bits per heavy atom. The van der Waals surface area contributed by atoms with Crippen LogP contribution in [0.1, 0.15) is 16.1 Å². The highest BCUT2D eigenvalue weighted by molar-refractivity contribution is 6.10. The number of carbonyl (C=O) groups excluding carboxylic acids is 1. The minimum absolute atomic E-state index is 0.0969. The summed E-state index contributed by atoms with van der Waals surface area (Å²) in [5.74, 6) is 0.951. The quantitative estimate of drug-likeness (QED) is 0.508. The van der Waals surface area contributed by atoms with Crippen LogP contribution >= 0.6 is 0 Å². The van der Waals surface area contributed by atoms with Crippen molar-refractivity contribution in [1.82, 2.24) is 14.5 Å². The van der Waals surface area contributed by atoms with Crippen molar-refractivity contribution >= 4 is 33.4 Å². The summed E-state index contributed by atoms with van der Waals surface area (Å²) in [4.78, 5) is 21.5. The minimum atomic E-state index is 0.0969. The molecule has 0 saturated carbocycles. The van der Waals surface area contributed by atoms with E-state index >= 15 is 0 Å². The van der Waals surface area contributed by atoms with Crippen LogP contribution in [0.15, 0.2) is 54.7 Å². The van der Waals surface area contributed by atoms with Crippen LogP contribution in [-0.2, 0) is 7.05 Å². The summed E-state index contributed by atoms with van der Waals surface area (Å²) in [5.41, 5.74) is 5.11. The highest BCUT2D eigenvalue weighted by Crippen LogP contribution is 2.38. The lowest BCUT2D eigenvalue weighted by Gasteiger charge is -2.36. The maximum atomic E-state index is 12.8. The van der Waals surface area contributed by atoms with Crippen LogP contribution in [0.5, 0.6) is 5.75 Å². The normalized spacial score (nSPS) is 14.4. The number of anilines is 1. The second-order valence-electron chi connectivity index (χ2n) is 8.04. The van der Waals surface area contributed by atoms with Gasteiger partial charge >= 0.3 is 0 Å². The topological polar surface area (TPSA) is 50.6 Å². The zero-order chi connectivity index (χ0) is 21.5. The van der Waals surface area contributed by atoms with E-state index in [1.54, 1.807) is 7.11 Å². The number of hydrogen-bond acceptors (Lipinski definition) is 4. The van der Waals surface area contributed by atoms with Gasteiger partial charge in [0.1, 0.15) is 5.75 Å². The molecule has 0 N–H and O–H groups in total. The Kier molecular flexibility index (Phi) is 4.77. The number of nitrogens with zero attached hydrogens (tertiary/aromatic N) is 4. The Morgan fingerprint density at radius 3 is 2.45 bits per heavy atom. The van der Waals surface area contributed by atoms with Gasteiger partial charge in [-0.15, -0.1) is 0 Å². The van der Waals surface area contributed by atoms with Gasteiger partial charge in [0.05, 0.1) is 29.5 Å². The molecule has 2 aromatic carbocycles. The Bertz CT molecular complexity index is 1270. The van der Waals surface area contributed by atoms with Crippen LogP contribution in [0.2, 0.25) is 0 Å². The zero-order valence-corrected chi connectivity index (χ0v) is 18.1. The maximum Gasteiger partial charge on any atom is 0.253 e. The summed E-state index contributed by atoms with van der Waals surface area (Å²) in [7, 11) is 3.79. The average molecular weight is 415 g/mol. The molecule has 6 heteroatoms.